The zero-order valence-electron chi connectivity index (χ0n) is 37.6. The number of hydrogen-bond acceptors (Lipinski definition) is 0. The Bertz CT molecular complexity index is 2220. The number of allylic oxidation sites excluding steroid dienone is 4. The molecule has 318 valence electrons. The molecular weight excluding hydrogens is 894 g/mol. The average molecular weight is 956 g/mol. The zero-order chi connectivity index (χ0) is 43.1. The van der Waals surface area contributed by atoms with Crippen LogP contribution in [0.4, 0.5) is 0 Å². The molecule has 0 bridgehead atoms. The molecule has 2 aliphatic rings. The van der Waals surface area contributed by atoms with Crippen molar-refractivity contribution in [3.63, 3.8) is 0 Å². The van der Waals surface area contributed by atoms with Gasteiger partial charge in [-0.15, -0.1) is 131 Å². The minimum absolute atomic E-state index is 0. The van der Waals surface area contributed by atoms with Gasteiger partial charge in [0.05, 0.1) is 0 Å². The second-order valence-corrected chi connectivity index (χ2v) is 19.7. The monoisotopic (exact) mass is 952 g/mol. The fourth-order valence-electron chi connectivity index (χ4n) is 7.19. The van der Waals surface area contributed by atoms with Crippen LogP contribution in [0.15, 0.2) is 109 Å². The summed E-state index contributed by atoms with van der Waals surface area (Å²) in [5.74, 6) is 0. The van der Waals surface area contributed by atoms with Crippen LogP contribution in [0.3, 0.4) is 0 Å². The van der Waals surface area contributed by atoms with Gasteiger partial charge < -0.3 is 0 Å². The third kappa shape index (κ3) is 13.9. The normalized spacial score (nSPS) is 12.4. The molecule has 60 heavy (non-hydrogen) atoms. The van der Waals surface area contributed by atoms with Gasteiger partial charge in [-0.2, -0.15) is 23.8 Å². The van der Waals surface area contributed by atoms with Crippen molar-refractivity contribution in [2.24, 2.45) is 0 Å². The minimum atomic E-state index is 0. The Morgan fingerprint density at radius 2 is 1.03 bits per heavy atom. The molecule has 5 heteroatoms. The first-order valence-electron chi connectivity index (χ1n) is 20.1. The Kier molecular flexibility index (Phi) is 20.1. The van der Waals surface area contributed by atoms with Gasteiger partial charge in [-0.05, 0) is 39.4 Å². The number of benzene rings is 6. The first kappa shape index (κ1) is 53.4. The van der Waals surface area contributed by atoms with Gasteiger partial charge in [0.1, 0.15) is 0 Å². The van der Waals surface area contributed by atoms with Crippen molar-refractivity contribution in [2.45, 2.75) is 118 Å². The van der Waals surface area contributed by atoms with Crippen molar-refractivity contribution >= 4 is 73.8 Å². The van der Waals surface area contributed by atoms with Crippen molar-refractivity contribution in [2.75, 3.05) is 0 Å². The SMILES string of the molecule is CC(C)(C)c1[c-]c2c(cc1C(C)(C)C)-c1cc(C(C)(C)C)c(C(C)(C)C)cc1C2.Cl.Cl.Clc1cccc2[c-]cccc12.Clc1cccc2[c-]cccc12.[C-]1=CC=CC1.[CH2]=[Zr]. The van der Waals surface area contributed by atoms with E-state index in [1.807, 2.05) is 84.9 Å². The van der Waals surface area contributed by atoms with E-state index < -0.39 is 0 Å². The molecule has 0 nitrogen and oxygen atoms in total. The molecule has 0 saturated carbocycles. The fraction of sp³-hybridized carbons (Fsp3) is 0.327. The van der Waals surface area contributed by atoms with Crippen molar-refractivity contribution in [3.05, 3.63) is 177 Å². The van der Waals surface area contributed by atoms with E-state index in [1.165, 1.54) is 68.7 Å². The van der Waals surface area contributed by atoms with Gasteiger partial charge in [-0.3, -0.25) is 6.08 Å². The molecule has 0 aromatic heterocycles. The molecular formula is C55H62Cl4Zr-4. The van der Waals surface area contributed by atoms with E-state index >= 15 is 0 Å². The quantitative estimate of drug-likeness (QED) is 0.133. The van der Waals surface area contributed by atoms with Gasteiger partial charge in [0.25, 0.3) is 0 Å². The molecule has 6 aromatic carbocycles. The maximum atomic E-state index is 5.94. The van der Waals surface area contributed by atoms with Crippen LogP contribution in [0.5, 0.6) is 0 Å². The van der Waals surface area contributed by atoms with Crippen LogP contribution in [0.2, 0.25) is 10.0 Å². The van der Waals surface area contributed by atoms with Gasteiger partial charge >= 0.3 is 28.4 Å². The summed E-state index contributed by atoms with van der Waals surface area (Å²) in [6.07, 6.45) is 11.0. The summed E-state index contributed by atoms with van der Waals surface area (Å²) in [4.78, 5) is 0. The zero-order valence-corrected chi connectivity index (χ0v) is 43.2. The molecule has 0 aliphatic heterocycles. The van der Waals surface area contributed by atoms with E-state index in [2.05, 4.69) is 136 Å². The second-order valence-electron chi connectivity index (χ2n) is 18.9. The molecule has 0 N–H and O–H groups in total. The standard InChI is InChI=1S/C29H41.2C10H6Cl.C5H5.CH2.2ClH.Zr/c1-26(2,3)22-14-18-13-19-15-23(27(4,5)6)25(29(10,11)12)17-21(19)20(18)16-24(22)28(7,8)9;2*11-10-7-3-5-8-4-1-2-6-9(8)10;1-2-4-5-3-1;;;;/h14,16-17H,13H2,1-12H3;2*1-3,5-7H;1-3H,4H2;1H2;2*1H;/q4*-1;;;;. The van der Waals surface area contributed by atoms with Crippen LogP contribution in [0.1, 0.15) is 123 Å². The number of rotatable bonds is 0. The Hall–Kier alpha value is -2.77. The van der Waals surface area contributed by atoms with Gasteiger partial charge in [0.15, 0.2) is 0 Å². The van der Waals surface area contributed by atoms with Crippen molar-refractivity contribution in [3.8, 4) is 11.1 Å². The van der Waals surface area contributed by atoms with Gasteiger partial charge in [-0.1, -0.05) is 152 Å². The van der Waals surface area contributed by atoms with Gasteiger partial charge in [0.2, 0.25) is 0 Å². The molecule has 0 atom stereocenters. The van der Waals surface area contributed by atoms with E-state index in [4.69, 9.17) is 23.2 Å². The fourth-order valence-corrected chi connectivity index (χ4v) is 7.67. The van der Waals surface area contributed by atoms with E-state index in [-0.39, 0.29) is 46.5 Å². The van der Waals surface area contributed by atoms with Crippen LogP contribution in [-0.4, -0.2) is 4.21 Å². The Morgan fingerprint density at radius 3 is 1.42 bits per heavy atom. The maximum absolute atomic E-state index is 5.94. The molecule has 6 aromatic rings. The molecule has 0 heterocycles. The van der Waals surface area contributed by atoms with E-state index in [0.717, 1.165) is 44.4 Å². The molecule has 0 saturated heterocycles. The molecule has 0 spiro atoms. The molecule has 0 amide bonds. The predicted octanol–water partition coefficient (Wildman–Crippen LogP) is 16.9. The summed E-state index contributed by atoms with van der Waals surface area (Å²) in [6.45, 7) is 28.0. The van der Waals surface area contributed by atoms with Crippen LogP contribution in [0, 0.1) is 24.3 Å². The molecule has 2 aliphatic carbocycles. The number of halogens is 4. The summed E-state index contributed by atoms with van der Waals surface area (Å²) >= 11 is 13.2. The number of fused-ring (bicyclic) bond motifs is 5. The van der Waals surface area contributed by atoms with E-state index in [9.17, 15) is 0 Å². The number of hydrogen-bond donors (Lipinski definition) is 0. The molecule has 0 unspecified atom stereocenters. The third-order valence-corrected chi connectivity index (χ3v) is 10.8. The molecule has 0 radical (unpaired) electrons. The van der Waals surface area contributed by atoms with Crippen molar-refractivity contribution in [1.29, 1.82) is 0 Å². The first-order chi connectivity index (χ1) is 27.2. The van der Waals surface area contributed by atoms with E-state index in [1.54, 1.807) is 0 Å². The van der Waals surface area contributed by atoms with Crippen LogP contribution in [0.25, 0.3) is 32.7 Å². The van der Waals surface area contributed by atoms with Gasteiger partial charge in [0, 0.05) is 10.0 Å². The molecule has 8 rings (SSSR count). The Balaban J connectivity index is 0.000000325. The first-order valence-corrected chi connectivity index (χ1v) is 22.6. The van der Waals surface area contributed by atoms with Crippen LogP contribution >= 0.6 is 48.0 Å². The van der Waals surface area contributed by atoms with Crippen LogP contribution < -0.4 is 0 Å². The topological polar surface area (TPSA) is 0 Å². The summed E-state index contributed by atoms with van der Waals surface area (Å²) in [7, 11) is 0. The van der Waals surface area contributed by atoms with Crippen molar-refractivity contribution in [1.82, 2.24) is 0 Å². The average Bonchev–Trinajstić information content (AvgIpc) is 3.86. The van der Waals surface area contributed by atoms with Crippen LogP contribution in [-0.2, 0) is 52.3 Å². The summed E-state index contributed by atoms with van der Waals surface area (Å²) in [5, 5.41) is 5.85. The summed E-state index contributed by atoms with van der Waals surface area (Å²) in [6, 6.07) is 40.9. The van der Waals surface area contributed by atoms with Crippen molar-refractivity contribution < 1.29 is 24.2 Å². The summed E-state index contributed by atoms with van der Waals surface area (Å²) in [5.41, 5.74) is 11.9. The third-order valence-electron chi connectivity index (χ3n) is 10.1. The van der Waals surface area contributed by atoms with Gasteiger partial charge in [-0.25, -0.2) is 12.2 Å². The van der Waals surface area contributed by atoms with E-state index in [0.29, 0.717) is 0 Å². The Labute approximate surface area is 400 Å². The second kappa shape index (κ2) is 22.5. The summed E-state index contributed by atoms with van der Waals surface area (Å²) < 4.78 is 3.34. The molecule has 0 fully saturated rings. The predicted molar refractivity (Wildman–Crippen MR) is 267 cm³/mol. The Morgan fingerprint density at radius 1 is 0.567 bits per heavy atom.